The van der Waals surface area contributed by atoms with Crippen LogP contribution in [0.5, 0.6) is 11.5 Å². The fourth-order valence-corrected chi connectivity index (χ4v) is 3.25. The number of ether oxygens (including phenoxy) is 3. The number of likely N-dealkylation sites (N-methyl/N-ethyl adjacent to an activating group) is 1. The summed E-state index contributed by atoms with van der Waals surface area (Å²) >= 11 is 0. The lowest BCUT2D eigenvalue weighted by Gasteiger charge is -2.30. The van der Waals surface area contributed by atoms with Gasteiger partial charge in [-0.2, -0.15) is 5.10 Å². The molecule has 2 aromatic rings. The molecule has 1 aromatic heterocycles. The maximum absolute atomic E-state index is 5.79. The van der Waals surface area contributed by atoms with Crippen LogP contribution in [0.1, 0.15) is 5.56 Å². The standard InChI is InChI=1S/C18H24N4O3/c1-22-4-5-23-15(12-22)11-19-9-14-10-20-21-18(14)13-2-3-16-17(8-13)25-7-6-24-16/h2-3,8,10,15,19H,4-7,9,11-12H2,1H3,(H,20,21)/t15-/m1/s1. The zero-order valence-corrected chi connectivity index (χ0v) is 14.5. The van der Waals surface area contributed by atoms with Crippen molar-refractivity contribution < 1.29 is 14.2 Å². The first-order chi connectivity index (χ1) is 12.3. The van der Waals surface area contributed by atoms with Crippen LogP contribution in [0.25, 0.3) is 11.3 Å². The van der Waals surface area contributed by atoms with E-state index >= 15 is 0 Å². The van der Waals surface area contributed by atoms with Crippen molar-refractivity contribution in [2.24, 2.45) is 0 Å². The minimum atomic E-state index is 0.239. The van der Waals surface area contributed by atoms with Crippen LogP contribution in [0.3, 0.4) is 0 Å². The summed E-state index contributed by atoms with van der Waals surface area (Å²) in [5.74, 6) is 1.59. The van der Waals surface area contributed by atoms with Crippen LogP contribution in [0.15, 0.2) is 24.4 Å². The fraction of sp³-hybridized carbons (Fsp3) is 0.500. The number of nitrogens with zero attached hydrogens (tertiary/aromatic N) is 2. The number of fused-ring (bicyclic) bond motifs is 1. The Kier molecular flexibility index (Phi) is 4.87. The number of rotatable bonds is 5. The van der Waals surface area contributed by atoms with Crippen molar-refractivity contribution in [2.75, 3.05) is 46.5 Å². The monoisotopic (exact) mass is 344 g/mol. The van der Waals surface area contributed by atoms with E-state index < -0.39 is 0 Å². The molecule has 2 N–H and O–H groups in total. The molecule has 1 atom stereocenters. The minimum absolute atomic E-state index is 0.239. The summed E-state index contributed by atoms with van der Waals surface area (Å²) in [6.07, 6.45) is 2.11. The van der Waals surface area contributed by atoms with E-state index in [9.17, 15) is 0 Å². The van der Waals surface area contributed by atoms with Gasteiger partial charge < -0.3 is 24.4 Å². The molecule has 1 fully saturated rings. The molecule has 3 heterocycles. The first-order valence-corrected chi connectivity index (χ1v) is 8.73. The lowest BCUT2D eigenvalue weighted by molar-refractivity contribution is -0.0182. The van der Waals surface area contributed by atoms with E-state index in [0.29, 0.717) is 13.2 Å². The van der Waals surface area contributed by atoms with E-state index in [1.54, 1.807) is 0 Å². The molecule has 0 saturated carbocycles. The molecule has 25 heavy (non-hydrogen) atoms. The zero-order valence-electron chi connectivity index (χ0n) is 14.5. The van der Waals surface area contributed by atoms with Crippen LogP contribution in [0.4, 0.5) is 0 Å². The molecule has 134 valence electrons. The SMILES string of the molecule is CN1CCO[C@H](CNCc2cn[nH]c2-c2ccc3c(c2)OCCO3)C1. The molecule has 0 amide bonds. The molecule has 4 rings (SSSR count). The second-order valence-corrected chi connectivity index (χ2v) is 6.51. The van der Waals surface area contributed by atoms with Crippen LogP contribution in [0.2, 0.25) is 0 Å². The molecule has 2 aliphatic rings. The molecule has 1 saturated heterocycles. The van der Waals surface area contributed by atoms with E-state index in [1.165, 1.54) is 0 Å². The second-order valence-electron chi connectivity index (χ2n) is 6.51. The Morgan fingerprint density at radius 2 is 2.12 bits per heavy atom. The third kappa shape index (κ3) is 3.78. The number of morpholine rings is 1. The van der Waals surface area contributed by atoms with Gasteiger partial charge in [-0.3, -0.25) is 5.10 Å². The number of nitrogens with one attached hydrogen (secondary N) is 2. The third-order valence-corrected chi connectivity index (χ3v) is 4.58. The summed E-state index contributed by atoms with van der Waals surface area (Å²) < 4.78 is 17.0. The summed E-state index contributed by atoms with van der Waals surface area (Å²) in [7, 11) is 2.13. The van der Waals surface area contributed by atoms with Crippen LogP contribution in [-0.2, 0) is 11.3 Å². The Labute approximate surface area is 147 Å². The average molecular weight is 344 g/mol. The van der Waals surface area contributed by atoms with Crippen molar-refractivity contribution in [2.45, 2.75) is 12.6 Å². The van der Waals surface area contributed by atoms with Crippen molar-refractivity contribution in [3.63, 3.8) is 0 Å². The smallest absolute Gasteiger partial charge is 0.162 e. The summed E-state index contributed by atoms with van der Waals surface area (Å²) in [6, 6.07) is 5.99. The zero-order chi connectivity index (χ0) is 17.1. The Balaban J connectivity index is 1.40. The number of hydrogen-bond donors (Lipinski definition) is 2. The summed E-state index contributed by atoms with van der Waals surface area (Å²) in [4.78, 5) is 2.30. The highest BCUT2D eigenvalue weighted by Gasteiger charge is 2.18. The van der Waals surface area contributed by atoms with Gasteiger partial charge in [0.05, 0.1) is 24.6 Å². The molecular weight excluding hydrogens is 320 g/mol. The number of H-pyrrole nitrogens is 1. The molecule has 0 unspecified atom stereocenters. The van der Waals surface area contributed by atoms with Gasteiger partial charge in [0.2, 0.25) is 0 Å². The Morgan fingerprint density at radius 1 is 1.24 bits per heavy atom. The lowest BCUT2D eigenvalue weighted by Crippen LogP contribution is -2.44. The van der Waals surface area contributed by atoms with Crippen molar-refractivity contribution in [1.29, 1.82) is 0 Å². The van der Waals surface area contributed by atoms with E-state index in [1.807, 2.05) is 24.4 Å². The van der Waals surface area contributed by atoms with Gasteiger partial charge in [0, 0.05) is 37.3 Å². The van der Waals surface area contributed by atoms with E-state index in [-0.39, 0.29) is 6.10 Å². The summed E-state index contributed by atoms with van der Waals surface area (Å²) in [6.45, 7) is 5.53. The highest BCUT2D eigenvalue weighted by atomic mass is 16.6. The van der Waals surface area contributed by atoms with Gasteiger partial charge in [0.1, 0.15) is 13.2 Å². The number of hydrogen-bond acceptors (Lipinski definition) is 6. The normalized spacial score (nSPS) is 20.6. The average Bonchev–Trinajstić information content (AvgIpc) is 3.10. The summed E-state index contributed by atoms with van der Waals surface area (Å²) in [5, 5.41) is 10.8. The highest BCUT2D eigenvalue weighted by molar-refractivity contribution is 5.66. The van der Waals surface area contributed by atoms with Gasteiger partial charge in [-0.25, -0.2) is 0 Å². The van der Waals surface area contributed by atoms with Gasteiger partial charge in [-0.15, -0.1) is 0 Å². The van der Waals surface area contributed by atoms with Gasteiger partial charge in [-0.1, -0.05) is 0 Å². The van der Waals surface area contributed by atoms with Gasteiger partial charge in [0.15, 0.2) is 11.5 Å². The first-order valence-electron chi connectivity index (χ1n) is 8.73. The molecule has 7 heteroatoms. The maximum atomic E-state index is 5.79. The van der Waals surface area contributed by atoms with E-state index in [2.05, 4.69) is 27.5 Å². The van der Waals surface area contributed by atoms with Crippen LogP contribution in [-0.4, -0.2) is 67.7 Å². The molecule has 0 aliphatic carbocycles. The predicted octanol–water partition coefficient (Wildman–Crippen LogP) is 1.27. The van der Waals surface area contributed by atoms with Crippen molar-refractivity contribution in [3.05, 3.63) is 30.0 Å². The molecule has 0 radical (unpaired) electrons. The molecule has 0 spiro atoms. The number of benzene rings is 1. The molecule has 1 aromatic carbocycles. The van der Waals surface area contributed by atoms with Gasteiger partial charge in [0.25, 0.3) is 0 Å². The van der Waals surface area contributed by atoms with E-state index in [0.717, 1.165) is 61.1 Å². The topological polar surface area (TPSA) is 71.6 Å². The number of aromatic nitrogens is 2. The Bertz CT molecular complexity index is 718. The second kappa shape index (κ2) is 7.43. The highest BCUT2D eigenvalue weighted by Crippen LogP contribution is 2.34. The van der Waals surface area contributed by atoms with Gasteiger partial charge in [-0.05, 0) is 25.2 Å². The van der Waals surface area contributed by atoms with Crippen LogP contribution >= 0.6 is 0 Å². The Morgan fingerprint density at radius 3 is 3.00 bits per heavy atom. The summed E-state index contributed by atoms with van der Waals surface area (Å²) in [5.41, 5.74) is 3.18. The van der Waals surface area contributed by atoms with Crippen molar-refractivity contribution in [1.82, 2.24) is 20.4 Å². The van der Waals surface area contributed by atoms with Crippen molar-refractivity contribution >= 4 is 0 Å². The number of aromatic amines is 1. The van der Waals surface area contributed by atoms with Gasteiger partial charge >= 0.3 is 0 Å². The third-order valence-electron chi connectivity index (χ3n) is 4.58. The fourth-order valence-electron chi connectivity index (χ4n) is 3.25. The predicted molar refractivity (Wildman–Crippen MR) is 94.0 cm³/mol. The Hall–Kier alpha value is -2.09. The van der Waals surface area contributed by atoms with Crippen LogP contribution in [0, 0.1) is 0 Å². The molecular formula is C18H24N4O3. The van der Waals surface area contributed by atoms with Crippen LogP contribution < -0.4 is 14.8 Å². The molecule has 0 bridgehead atoms. The first kappa shape index (κ1) is 16.4. The quantitative estimate of drug-likeness (QED) is 0.851. The minimum Gasteiger partial charge on any atom is -0.486 e. The largest absolute Gasteiger partial charge is 0.486 e. The molecule has 2 aliphatic heterocycles. The van der Waals surface area contributed by atoms with Crippen molar-refractivity contribution in [3.8, 4) is 22.8 Å². The lowest BCUT2D eigenvalue weighted by atomic mass is 10.1. The molecule has 7 nitrogen and oxygen atoms in total. The van der Waals surface area contributed by atoms with E-state index in [4.69, 9.17) is 14.2 Å². The maximum Gasteiger partial charge on any atom is 0.162 e.